The van der Waals surface area contributed by atoms with Crippen molar-refractivity contribution in [1.82, 2.24) is 0 Å². The minimum atomic E-state index is -0.291. The Morgan fingerprint density at radius 1 is 0.951 bits per heavy atom. The zero-order chi connectivity index (χ0) is 29.6. The van der Waals surface area contributed by atoms with Crippen molar-refractivity contribution in [2.24, 2.45) is 50.7 Å². The lowest BCUT2D eigenvalue weighted by Gasteiger charge is -2.66. The molecular weight excluding hydrogens is 504 g/mol. The number of carbonyl (C=O) groups excluding carboxylic acids is 1. The van der Waals surface area contributed by atoms with Crippen molar-refractivity contribution in [3.8, 4) is 0 Å². The number of ether oxygens (including phenoxy) is 1. The summed E-state index contributed by atoms with van der Waals surface area (Å²) in [5, 5.41) is 0. The van der Waals surface area contributed by atoms with Gasteiger partial charge in [0.1, 0.15) is 6.10 Å². The van der Waals surface area contributed by atoms with Crippen LogP contribution in [0.2, 0.25) is 0 Å². The van der Waals surface area contributed by atoms with Crippen LogP contribution in [0.5, 0.6) is 0 Å². The Hall–Kier alpha value is -1.97. The highest BCUT2D eigenvalue weighted by molar-refractivity contribution is 5.91. The molecule has 5 fully saturated rings. The van der Waals surface area contributed by atoms with Crippen LogP contribution in [0, 0.1) is 50.7 Å². The maximum Gasteiger partial charge on any atom is 0.338 e. The second kappa shape index (κ2) is 9.52. The maximum absolute atomic E-state index is 13.2. The van der Waals surface area contributed by atoms with Crippen molar-refractivity contribution in [3.63, 3.8) is 0 Å². The average molecular weight is 561 g/mol. The molecule has 9 atom stereocenters. The summed E-state index contributed by atoms with van der Waals surface area (Å²) in [6.07, 6.45) is 16.9. The number of carbonyl (C=O) groups is 1. The van der Waals surface area contributed by atoms with Crippen LogP contribution in [0.3, 0.4) is 0 Å². The number of nitrogens with two attached hydrogens (primary N) is 2. The molecule has 5 aliphatic carbocycles. The van der Waals surface area contributed by atoms with E-state index in [1.807, 2.05) is 0 Å². The third kappa shape index (κ3) is 4.08. The quantitative estimate of drug-likeness (QED) is 0.206. The number of esters is 1. The first kappa shape index (κ1) is 29.1. The van der Waals surface area contributed by atoms with E-state index in [2.05, 4.69) is 54.5 Å². The molecule has 0 heterocycles. The van der Waals surface area contributed by atoms with Gasteiger partial charge in [-0.15, -0.1) is 0 Å². The Balaban J connectivity index is 1.19. The third-order valence-electron chi connectivity index (χ3n) is 14.5. The molecule has 6 rings (SSSR count). The summed E-state index contributed by atoms with van der Waals surface area (Å²) in [6, 6.07) is 5.05. The molecule has 0 bridgehead atoms. The van der Waals surface area contributed by atoms with E-state index in [9.17, 15) is 4.79 Å². The van der Waals surface area contributed by atoms with Crippen molar-refractivity contribution in [1.29, 1.82) is 0 Å². The summed E-state index contributed by atoms with van der Waals surface area (Å²) >= 11 is 0. The lowest BCUT2D eigenvalue weighted by molar-refractivity contribution is -0.189. The Morgan fingerprint density at radius 3 is 2.34 bits per heavy atom. The number of hydrogen-bond acceptors (Lipinski definition) is 4. The summed E-state index contributed by atoms with van der Waals surface area (Å²) in [5.74, 6) is 2.75. The van der Waals surface area contributed by atoms with Gasteiger partial charge in [0.05, 0.1) is 5.56 Å². The van der Waals surface area contributed by atoms with E-state index in [1.54, 1.807) is 18.2 Å². The summed E-state index contributed by atoms with van der Waals surface area (Å²) in [4.78, 5) is 13.2. The van der Waals surface area contributed by atoms with E-state index in [-0.39, 0.29) is 17.5 Å². The van der Waals surface area contributed by atoms with Gasteiger partial charge >= 0.3 is 5.97 Å². The van der Waals surface area contributed by atoms with Crippen LogP contribution in [0.4, 0.5) is 11.4 Å². The normalized spacial score (nSPS) is 42.6. The van der Waals surface area contributed by atoms with Crippen LogP contribution in [-0.2, 0) is 4.74 Å². The summed E-state index contributed by atoms with van der Waals surface area (Å²) < 4.78 is 6.28. The molecule has 4 N–H and O–H groups in total. The van der Waals surface area contributed by atoms with Gasteiger partial charge < -0.3 is 16.2 Å². The Bertz CT molecular complexity index is 1230. The highest BCUT2D eigenvalue weighted by atomic mass is 16.5. The molecule has 0 amide bonds. The molecule has 1 aromatic carbocycles. The molecule has 0 radical (unpaired) electrons. The first-order valence-electron chi connectivity index (χ1n) is 16.7. The molecule has 5 aliphatic rings. The summed E-state index contributed by atoms with van der Waals surface area (Å²) in [7, 11) is 0. The lowest BCUT2D eigenvalue weighted by atomic mass is 9.39. The largest absolute Gasteiger partial charge is 0.458 e. The van der Waals surface area contributed by atoms with Crippen LogP contribution in [-0.4, -0.2) is 12.1 Å². The fraction of sp³-hybridized carbons (Fsp3) is 0.757. The van der Waals surface area contributed by atoms with Gasteiger partial charge in [-0.3, -0.25) is 0 Å². The number of rotatable bonds is 6. The molecule has 226 valence electrons. The lowest BCUT2D eigenvalue weighted by Crippen LogP contribution is -2.60. The predicted octanol–water partition coefficient (Wildman–Crippen LogP) is 9.20. The topological polar surface area (TPSA) is 78.3 Å². The molecule has 1 spiro atoms. The van der Waals surface area contributed by atoms with E-state index in [0.29, 0.717) is 44.5 Å². The van der Waals surface area contributed by atoms with Crippen LogP contribution in [0.1, 0.15) is 129 Å². The Morgan fingerprint density at radius 2 is 1.66 bits per heavy atom. The second-order valence-electron chi connectivity index (χ2n) is 16.6. The number of hydrogen-bond donors (Lipinski definition) is 2. The van der Waals surface area contributed by atoms with Crippen molar-refractivity contribution < 1.29 is 9.53 Å². The smallest absolute Gasteiger partial charge is 0.338 e. The van der Waals surface area contributed by atoms with Gasteiger partial charge in [-0.05, 0) is 148 Å². The number of anilines is 2. The maximum atomic E-state index is 13.2. The van der Waals surface area contributed by atoms with Gasteiger partial charge in [0.25, 0.3) is 0 Å². The highest BCUT2D eigenvalue weighted by Gasteiger charge is 2.82. The van der Waals surface area contributed by atoms with E-state index in [0.717, 1.165) is 30.6 Å². The van der Waals surface area contributed by atoms with Crippen LogP contribution in [0.25, 0.3) is 0 Å². The molecule has 4 nitrogen and oxygen atoms in total. The van der Waals surface area contributed by atoms with Crippen LogP contribution < -0.4 is 11.5 Å². The van der Waals surface area contributed by atoms with Gasteiger partial charge in [-0.1, -0.05) is 46.3 Å². The molecule has 5 saturated carbocycles. The van der Waals surface area contributed by atoms with Gasteiger partial charge in [-0.25, -0.2) is 4.79 Å². The molecule has 4 heteroatoms. The van der Waals surface area contributed by atoms with Crippen molar-refractivity contribution in [3.05, 3.63) is 35.4 Å². The zero-order valence-corrected chi connectivity index (χ0v) is 26.9. The molecule has 0 aromatic heterocycles. The summed E-state index contributed by atoms with van der Waals surface area (Å²) in [6.45, 7) is 17.2. The van der Waals surface area contributed by atoms with E-state index >= 15 is 0 Å². The van der Waals surface area contributed by atoms with Crippen LogP contribution >= 0.6 is 0 Å². The summed E-state index contributed by atoms with van der Waals surface area (Å²) in [5.41, 5.74) is 16.8. The Kier molecular flexibility index (Phi) is 6.76. The van der Waals surface area contributed by atoms with E-state index in [4.69, 9.17) is 16.2 Å². The molecular formula is C37H56N2O2. The number of nitrogen functional groups attached to an aromatic ring is 2. The van der Waals surface area contributed by atoms with Gasteiger partial charge in [0.2, 0.25) is 0 Å². The second-order valence-corrected chi connectivity index (χ2v) is 16.6. The van der Waals surface area contributed by atoms with E-state index < -0.39 is 0 Å². The SMILES string of the molecule is CC(C)=CCCC(C)C12CCC3(C)C4CCC5C(C)(C)C(OC(=O)c6cc(N)cc(N)c6)CCC5(C)C4CCC31C2. The standard InChI is InChI=1S/C37H56N2O2/c1-23(2)9-8-10-24(3)36-18-17-35(7)29-11-12-30-33(4,5)31(41-32(40)25-19-26(38)21-27(39)20-25)14-15-34(30,6)28(29)13-16-37(35,36)22-36/h9,19-21,24,28-31H,8,10-18,22,38-39H2,1-7H3. The van der Waals surface area contributed by atoms with Crippen molar-refractivity contribution in [2.75, 3.05) is 11.5 Å². The molecule has 0 aliphatic heterocycles. The average Bonchev–Trinajstić information content (AvgIpc) is 3.48. The minimum absolute atomic E-state index is 0.0615. The van der Waals surface area contributed by atoms with Gasteiger partial charge in [0, 0.05) is 16.8 Å². The molecule has 9 unspecified atom stereocenters. The fourth-order valence-corrected chi connectivity index (χ4v) is 12.4. The monoisotopic (exact) mass is 560 g/mol. The van der Waals surface area contributed by atoms with Gasteiger partial charge in [-0.2, -0.15) is 0 Å². The van der Waals surface area contributed by atoms with Crippen LogP contribution in [0.15, 0.2) is 29.8 Å². The molecule has 41 heavy (non-hydrogen) atoms. The zero-order valence-electron chi connectivity index (χ0n) is 26.9. The minimum Gasteiger partial charge on any atom is -0.458 e. The van der Waals surface area contributed by atoms with Crippen molar-refractivity contribution >= 4 is 17.3 Å². The van der Waals surface area contributed by atoms with Gasteiger partial charge in [0.15, 0.2) is 0 Å². The number of allylic oxidation sites excluding steroid dienone is 2. The van der Waals surface area contributed by atoms with E-state index in [1.165, 1.54) is 63.4 Å². The Labute approximate surface area is 249 Å². The highest BCUT2D eigenvalue weighted by Crippen LogP contribution is 2.89. The number of fused-ring (bicyclic) bond motifs is 4. The predicted molar refractivity (Wildman–Crippen MR) is 169 cm³/mol. The third-order valence-corrected chi connectivity index (χ3v) is 14.5. The molecule has 1 aromatic rings. The molecule has 0 saturated heterocycles. The number of benzene rings is 1. The van der Waals surface area contributed by atoms with Crippen molar-refractivity contribution in [2.45, 2.75) is 125 Å². The fourth-order valence-electron chi connectivity index (χ4n) is 12.4. The first-order valence-corrected chi connectivity index (χ1v) is 16.7. The first-order chi connectivity index (χ1) is 19.2.